The quantitative estimate of drug-likeness (QED) is 0.811. The molecule has 0 N–H and O–H groups in total. The highest BCUT2D eigenvalue weighted by molar-refractivity contribution is 5.78. The summed E-state index contributed by atoms with van der Waals surface area (Å²) in [5.74, 6) is 1.99. The van der Waals surface area contributed by atoms with Gasteiger partial charge in [0.25, 0.3) is 0 Å². The first-order chi connectivity index (χ1) is 8.74. The Morgan fingerprint density at radius 3 is 2.83 bits per heavy atom. The zero-order chi connectivity index (χ0) is 12.5. The Hall–Kier alpha value is -1.90. The van der Waals surface area contributed by atoms with Crippen LogP contribution in [0.25, 0.3) is 11.5 Å². The largest absolute Gasteiger partial charge is 0.441 e. The van der Waals surface area contributed by atoms with Crippen molar-refractivity contribution in [3.63, 3.8) is 0 Å². The van der Waals surface area contributed by atoms with E-state index in [1.165, 1.54) is 0 Å². The number of oxazole rings is 1. The Bertz CT molecular complexity index is 571. The highest BCUT2D eigenvalue weighted by Gasteiger charge is 2.26. The standard InChI is InChI=1S/C15H15NO2/c1-10(17)12-7-8-14-13(9-12)16-15(18-14)11-5-3-2-4-6-11/h2-6,12H,7-9H2,1H3. The minimum atomic E-state index is 0.117. The maximum Gasteiger partial charge on any atom is 0.226 e. The molecular weight excluding hydrogens is 226 g/mol. The number of hydrogen-bond acceptors (Lipinski definition) is 3. The molecule has 1 unspecified atom stereocenters. The van der Waals surface area contributed by atoms with E-state index in [2.05, 4.69) is 4.98 Å². The molecule has 92 valence electrons. The highest BCUT2D eigenvalue weighted by atomic mass is 16.4. The molecule has 1 aromatic heterocycles. The Labute approximate surface area is 106 Å². The van der Waals surface area contributed by atoms with Gasteiger partial charge < -0.3 is 4.42 Å². The molecule has 3 rings (SSSR count). The van der Waals surface area contributed by atoms with E-state index in [0.717, 1.165) is 36.3 Å². The molecule has 0 bridgehead atoms. The summed E-state index contributed by atoms with van der Waals surface area (Å²) in [5.41, 5.74) is 1.95. The van der Waals surface area contributed by atoms with Crippen LogP contribution in [0.15, 0.2) is 34.7 Å². The number of ketones is 1. The smallest absolute Gasteiger partial charge is 0.226 e. The van der Waals surface area contributed by atoms with Gasteiger partial charge in [0.1, 0.15) is 11.5 Å². The Morgan fingerprint density at radius 2 is 2.11 bits per heavy atom. The van der Waals surface area contributed by atoms with Gasteiger partial charge in [-0.25, -0.2) is 4.98 Å². The zero-order valence-corrected chi connectivity index (χ0v) is 10.3. The fourth-order valence-corrected chi connectivity index (χ4v) is 2.43. The number of benzene rings is 1. The predicted octanol–water partition coefficient (Wildman–Crippen LogP) is 3.04. The SMILES string of the molecule is CC(=O)C1CCc2oc(-c3ccccc3)nc2C1. The number of nitrogens with zero attached hydrogens (tertiary/aromatic N) is 1. The first-order valence-corrected chi connectivity index (χ1v) is 6.28. The van der Waals surface area contributed by atoms with Crippen LogP contribution in [0.1, 0.15) is 24.8 Å². The molecule has 1 aliphatic carbocycles. The van der Waals surface area contributed by atoms with Crippen molar-refractivity contribution in [2.24, 2.45) is 5.92 Å². The maximum atomic E-state index is 11.4. The van der Waals surface area contributed by atoms with E-state index in [9.17, 15) is 4.79 Å². The van der Waals surface area contributed by atoms with Crippen LogP contribution in [0.3, 0.4) is 0 Å². The van der Waals surface area contributed by atoms with Crippen molar-refractivity contribution in [1.82, 2.24) is 4.98 Å². The predicted molar refractivity (Wildman–Crippen MR) is 68.1 cm³/mol. The van der Waals surface area contributed by atoms with E-state index >= 15 is 0 Å². The fourth-order valence-electron chi connectivity index (χ4n) is 2.43. The average molecular weight is 241 g/mol. The van der Waals surface area contributed by atoms with Crippen LogP contribution in [0.4, 0.5) is 0 Å². The van der Waals surface area contributed by atoms with Crippen molar-refractivity contribution in [2.75, 3.05) is 0 Å². The second-order valence-corrected chi connectivity index (χ2v) is 4.81. The minimum Gasteiger partial charge on any atom is -0.441 e. The molecule has 0 aliphatic heterocycles. The maximum absolute atomic E-state index is 11.4. The Kier molecular flexibility index (Phi) is 2.74. The number of rotatable bonds is 2. The van der Waals surface area contributed by atoms with E-state index < -0.39 is 0 Å². The molecule has 3 heteroatoms. The Balaban J connectivity index is 1.92. The van der Waals surface area contributed by atoms with Crippen LogP contribution in [0, 0.1) is 5.92 Å². The zero-order valence-electron chi connectivity index (χ0n) is 10.3. The number of aromatic nitrogens is 1. The third kappa shape index (κ3) is 1.96. The third-order valence-electron chi connectivity index (χ3n) is 3.53. The molecule has 1 aliphatic rings. The van der Waals surface area contributed by atoms with E-state index in [4.69, 9.17) is 4.42 Å². The lowest BCUT2D eigenvalue weighted by Crippen LogP contribution is -2.19. The van der Waals surface area contributed by atoms with Crippen molar-refractivity contribution in [3.8, 4) is 11.5 Å². The van der Waals surface area contributed by atoms with Crippen molar-refractivity contribution in [2.45, 2.75) is 26.2 Å². The van der Waals surface area contributed by atoms with Crippen LogP contribution in [-0.2, 0) is 17.6 Å². The van der Waals surface area contributed by atoms with E-state index in [0.29, 0.717) is 5.89 Å². The molecule has 0 amide bonds. The fraction of sp³-hybridized carbons (Fsp3) is 0.333. The number of fused-ring (bicyclic) bond motifs is 1. The van der Waals surface area contributed by atoms with Gasteiger partial charge in [0.05, 0.1) is 5.69 Å². The van der Waals surface area contributed by atoms with Gasteiger partial charge in [0.15, 0.2) is 0 Å². The summed E-state index contributed by atoms with van der Waals surface area (Å²) in [6.07, 6.45) is 2.42. The number of aryl methyl sites for hydroxylation is 1. The average Bonchev–Trinajstić information content (AvgIpc) is 2.82. The summed E-state index contributed by atoms with van der Waals surface area (Å²) in [6.45, 7) is 1.66. The molecular formula is C15H15NO2. The molecule has 18 heavy (non-hydrogen) atoms. The van der Waals surface area contributed by atoms with Crippen LogP contribution in [0.5, 0.6) is 0 Å². The van der Waals surface area contributed by atoms with Crippen LogP contribution in [-0.4, -0.2) is 10.8 Å². The van der Waals surface area contributed by atoms with E-state index in [-0.39, 0.29) is 11.7 Å². The second kappa shape index (κ2) is 4.41. The molecule has 0 saturated heterocycles. The molecule has 2 aromatic rings. The highest BCUT2D eigenvalue weighted by Crippen LogP contribution is 2.30. The number of carbonyl (C=O) groups is 1. The molecule has 1 aromatic carbocycles. The van der Waals surface area contributed by atoms with Crippen molar-refractivity contribution >= 4 is 5.78 Å². The molecule has 1 heterocycles. The molecule has 1 atom stereocenters. The minimum absolute atomic E-state index is 0.117. The first-order valence-electron chi connectivity index (χ1n) is 6.28. The van der Waals surface area contributed by atoms with Gasteiger partial charge in [-0.3, -0.25) is 4.79 Å². The van der Waals surface area contributed by atoms with Gasteiger partial charge >= 0.3 is 0 Å². The number of carbonyl (C=O) groups excluding carboxylic acids is 1. The molecule has 0 spiro atoms. The molecule has 0 radical (unpaired) electrons. The summed E-state index contributed by atoms with van der Waals surface area (Å²) in [7, 11) is 0. The monoisotopic (exact) mass is 241 g/mol. The van der Waals surface area contributed by atoms with Gasteiger partial charge in [-0.05, 0) is 25.5 Å². The number of hydrogen-bond donors (Lipinski definition) is 0. The molecule has 0 fully saturated rings. The second-order valence-electron chi connectivity index (χ2n) is 4.81. The summed E-state index contributed by atoms with van der Waals surface area (Å²) < 4.78 is 5.80. The van der Waals surface area contributed by atoms with Crippen molar-refractivity contribution in [3.05, 3.63) is 41.8 Å². The topological polar surface area (TPSA) is 43.1 Å². The summed E-state index contributed by atoms with van der Waals surface area (Å²) in [4.78, 5) is 16.0. The summed E-state index contributed by atoms with van der Waals surface area (Å²) in [5, 5.41) is 0. The lowest BCUT2D eigenvalue weighted by molar-refractivity contribution is -0.121. The normalized spacial score (nSPS) is 18.4. The molecule has 0 saturated carbocycles. The molecule has 3 nitrogen and oxygen atoms in total. The lowest BCUT2D eigenvalue weighted by Gasteiger charge is -2.16. The van der Waals surface area contributed by atoms with Gasteiger partial charge in [0, 0.05) is 24.3 Å². The van der Waals surface area contributed by atoms with Crippen LogP contribution >= 0.6 is 0 Å². The first kappa shape index (κ1) is 11.2. The third-order valence-corrected chi connectivity index (χ3v) is 3.53. The summed E-state index contributed by atoms with van der Waals surface area (Å²) >= 11 is 0. The van der Waals surface area contributed by atoms with E-state index in [1.54, 1.807) is 6.92 Å². The summed E-state index contributed by atoms with van der Waals surface area (Å²) in [6, 6.07) is 9.88. The van der Waals surface area contributed by atoms with Gasteiger partial charge in [-0.2, -0.15) is 0 Å². The van der Waals surface area contributed by atoms with E-state index in [1.807, 2.05) is 30.3 Å². The van der Waals surface area contributed by atoms with Gasteiger partial charge in [-0.1, -0.05) is 18.2 Å². The van der Waals surface area contributed by atoms with Gasteiger partial charge in [0.2, 0.25) is 5.89 Å². The van der Waals surface area contributed by atoms with Crippen LogP contribution in [0.2, 0.25) is 0 Å². The lowest BCUT2D eigenvalue weighted by atomic mass is 9.88. The Morgan fingerprint density at radius 1 is 1.33 bits per heavy atom. The van der Waals surface area contributed by atoms with Crippen molar-refractivity contribution in [1.29, 1.82) is 0 Å². The van der Waals surface area contributed by atoms with Gasteiger partial charge in [-0.15, -0.1) is 0 Å². The number of Topliss-reactive ketones (excluding diaryl/α,β-unsaturated/α-hetero) is 1. The van der Waals surface area contributed by atoms with Crippen molar-refractivity contribution < 1.29 is 9.21 Å². The van der Waals surface area contributed by atoms with Crippen LogP contribution < -0.4 is 0 Å².